The number of rotatable bonds is 4. The lowest BCUT2D eigenvalue weighted by Gasteiger charge is -2.29. The molecule has 1 saturated carbocycles. The average Bonchev–Trinajstić information content (AvgIpc) is 2.81. The third kappa shape index (κ3) is 3.74. The maximum absolute atomic E-state index is 12.5. The minimum Gasteiger partial charge on any atom is -0.497 e. The van der Waals surface area contributed by atoms with Crippen molar-refractivity contribution in [2.75, 3.05) is 19.0 Å². The Morgan fingerprint density at radius 2 is 1.64 bits per heavy atom. The zero-order valence-corrected chi connectivity index (χ0v) is 16.7. The van der Waals surface area contributed by atoms with E-state index < -0.39 is 5.91 Å². The lowest BCUT2D eigenvalue weighted by molar-refractivity contribution is -0.142. The first-order chi connectivity index (χ1) is 11.9. The van der Waals surface area contributed by atoms with Crippen LogP contribution in [0.25, 0.3) is 0 Å². The molecule has 1 heterocycles. The number of nitrogens with one attached hydrogen (secondary N) is 1. The summed E-state index contributed by atoms with van der Waals surface area (Å²) < 4.78 is 5.06. The Morgan fingerprint density at radius 3 is 2.12 bits per heavy atom. The third-order valence-electron chi connectivity index (χ3n) is 4.68. The summed E-state index contributed by atoms with van der Waals surface area (Å²) >= 11 is 7.09. The van der Waals surface area contributed by atoms with Crippen molar-refractivity contribution in [1.82, 2.24) is 4.90 Å². The quantitative estimate of drug-likeness (QED) is 0.538. The monoisotopic (exact) mass is 472 g/mol. The zero-order valence-electron chi connectivity index (χ0n) is 13.6. The predicted octanol–water partition coefficient (Wildman–Crippen LogP) is 2.56. The highest BCUT2D eigenvalue weighted by molar-refractivity contribution is 9.12. The van der Waals surface area contributed by atoms with Crippen LogP contribution in [0.5, 0.6) is 5.75 Å². The lowest BCUT2D eigenvalue weighted by atomic mass is 9.81. The summed E-state index contributed by atoms with van der Waals surface area (Å²) in [4.78, 5) is 38.7. The Kier molecular flexibility index (Phi) is 5.48. The number of imide groups is 1. The largest absolute Gasteiger partial charge is 0.497 e. The van der Waals surface area contributed by atoms with Crippen LogP contribution in [0, 0.1) is 11.8 Å². The molecule has 134 valence electrons. The van der Waals surface area contributed by atoms with Crippen molar-refractivity contribution in [1.29, 1.82) is 0 Å². The van der Waals surface area contributed by atoms with Crippen LogP contribution in [0.4, 0.5) is 5.69 Å². The minimum absolute atomic E-state index is 0.151. The molecule has 3 amide bonds. The SMILES string of the molecule is COc1ccc(NC(=O)CN2C(=O)[C@H]3C[C@H](Br)[C@@H](Br)C[C@H]3C2=O)cc1. The number of benzene rings is 1. The predicted molar refractivity (Wildman–Crippen MR) is 100.0 cm³/mol. The van der Waals surface area contributed by atoms with Crippen LogP contribution in [0.3, 0.4) is 0 Å². The molecule has 0 bridgehead atoms. The van der Waals surface area contributed by atoms with E-state index in [1.165, 1.54) is 0 Å². The second-order valence-corrected chi connectivity index (χ2v) is 8.61. The summed E-state index contributed by atoms with van der Waals surface area (Å²) in [6, 6.07) is 6.86. The van der Waals surface area contributed by atoms with E-state index in [1.54, 1.807) is 31.4 Å². The van der Waals surface area contributed by atoms with Crippen LogP contribution in [-0.2, 0) is 14.4 Å². The topological polar surface area (TPSA) is 75.7 Å². The number of carbonyl (C=O) groups is 3. The summed E-state index contributed by atoms with van der Waals surface area (Å²) in [6.45, 7) is -0.253. The van der Waals surface area contributed by atoms with E-state index in [0.29, 0.717) is 24.3 Å². The number of methoxy groups -OCH3 is 1. The summed E-state index contributed by atoms with van der Waals surface area (Å²) in [5.41, 5.74) is 0.586. The highest BCUT2D eigenvalue weighted by Gasteiger charge is 2.52. The number of amides is 3. The Bertz CT molecular complexity index is 666. The van der Waals surface area contributed by atoms with Crippen LogP contribution in [-0.4, -0.2) is 45.9 Å². The summed E-state index contributed by atoms with van der Waals surface area (Å²) in [7, 11) is 1.56. The second kappa shape index (κ2) is 7.45. The van der Waals surface area contributed by atoms with Gasteiger partial charge in [-0.2, -0.15) is 0 Å². The molecule has 1 aromatic carbocycles. The number of hydrogen-bond donors (Lipinski definition) is 1. The number of fused-ring (bicyclic) bond motifs is 1. The molecule has 4 atom stereocenters. The molecule has 0 spiro atoms. The van der Waals surface area contributed by atoms with Gasteiger partial charge in [0.1, 0.15) is 12.3 Å². The van der Waals surface area contributed by atoms with Gasteiger partial charge in [-0.3, -0.25) is 19.3 Å². The summed E-state index contributed by atoms with van der Waals surface area (Å²) in [5, 5.41) is 2.70. The van der Waals surface area contributed by atoms with E-state index >= 15 is 0 Å². The molecule has 1 aliphatic carbocycles. The molecule has 1 saturated heterocycles. The Balaban J connectivity index is 1.64. The third-order valence-corrected chi connectivity index (χ3v) is 7.41. The van der Waals surface area contributed by atoms with Gasteiger partial charge in [-0.15, -0.1) is 0 Å². The number of carbonyl (C=O) groups excluding carboxylic acids is 3. The van der Waals surface area contributed by atoms with Gasteiger partial charge in [-0.05, 0) is 37.1 Å². The highest BCUT2D eigenvalue weighted by atomic mass is 79.9. The molecule has 8 heteroatoms. The molecule has 1 aliphatic heterocycles. The molecule has 1 aromatic rings. The van der Waals surface area contributed by atoms with E-state index in [4.69, 9.17) is 4.74 Å². The maximum Gasteiger partial charge on any atom is 0.244 e. The highest BCUT2D eigenvalue weighted by Crippen LogP contribution is 2.43. The Morgan fingerprint density at radius 1 is 1.12 bits per heavy atom. The van der Waals surface area contributed by atoms with Crippen molar-refractivity contribution in [2.45, 2.75) is 22.5 Å². The van der Waals surface area contributed by atoms with E-state index in [9.17, 15) is 14.4 Å². The van der Waals surface area contributed by atoms with Crippen molar-refractivity contribution >= 4 is 55.3 Å². The van der Waals surface area contributed by atoms with E-state index in [-0.39, 0.29) is 39.8 Å². The van der Waals surface area contributed by atoms with E-state index in [2.05, 4.69) is 37.2 Å². The zero-order chi connectivity index (χ0) is 18.1. The maximum atomic E-state index is 12.5. The lowest BCUT2D eigenvalue weighted by Crippen LogP contribution is -2.38. The fourth-order valence-corrected chi connectivity index (χ4v) is 4.58. The number of anilines is 1. The van der Waals surface area contributed by atoms with Crippen molar-refractivity contribution in [2.24, 2.45) is 11.8 Å². The number of alkyl halides is 2. The molecule has 2 fully saturated rings. The molecular weight excluding hydrogens is 456 g/mol. The molecule has 2 aliphatic rings. The van der Waals surface area contributed by atoms with Crippen LogP contribution in [0.2, 0.25) is 0 Å². The number of nitrogens with zero attached hydrogens (tertiary/aromatic N) is 1. The minimum atomic E-state index is -0.392. The van der Waals surface area contributed by atoms with Crippen LogP contribution in [0.1, 0.15) is 12.8 Å². The average molecular weight is 474 g/mol. The Hall–Kier alpha value is -1.41. The van der Waals surface area contributed by atoms with Gasteiger partial charge in [-0.25, -0.2) is 0 Å². The first-order valence-corrected chi connectivity index (χ1v) is 9.81. The first-order valence-electron chi connectivity index (χ1n) is 7.98. The fraction of sp³-hybridized carbons (Fsp3) is 0.471. The fourth-order valence-electron chi connectivity index (χ4n) is 3.34. The smallest absolute Gasteiger partial charge is 0.244 e. The number of hydrogen-bond acceptors (Lipinski definition) is 4. The molecular formula is C17H18Br2N2O4. The number of halogens is 2. The van der Waals surface area contributed by atoms with Gasteiger partial charge in [0.2, 0.25) is 17.7 Å². The number of likely N-dealkylation sites (tertiary alicyclic amines) is 1. The molecule has 3 rings (SSSR count). The van der Waals surface area contributed by atoms with Crippen molar-refractivity contribution < 1.29 is 19.1 Å². The molecule has 1 N–H and O–H groups in total. The molecule has 6 nitrogen and oxygen atoms in total. The summed E-state index contributed by atoms with van der Waals surface area (Å²) in [5.74, 6) is -0.872. The van der Waals surface area contributed by atoms with Crippen molar-refractivity contribution in [3.8, 4) is 5.75 Å². The van der Waals surface area contributed by atoms with Gasteiger partial charge in [0.15, 0.2) is 0 Å². The number of ether oxygens (including phenoxy) is 1. The molecule has 0 radical (unpaired) electrons. The first kappa shape index (κ1) is 18.4. The van der Waals surface area contributed by atoms with Gasteiger partial charge in [0.25, 0.3) is 0 Å². The van der Waals surface area contributed by atoms with Crippen LogP contribution in [0.15, 0.2) is 24.3 Å². The van der Waals surface area contributed by atoms with Gasteiger partial charge < -0.3 is 10.1 Å². The van der Waals surface area contributed by atoms with Crippen molar-refractivity contribution in [3.63, 3.8) is 0 Å². The van der Waals surface area contributed by atoms with Crippen molar-refractivity contribution in [3.05, 3.63) is 24.3 Å². The van der Waals surface area contributed by atoms with Gasteiger partial charge in [-0.1, -0.05) is 31.9 Å². The molecule has 25 heavy (non-hydrogen) atoms. The van der Waals surface area contributed by atoms with E-state index in [1.807, 2.05) is 0 Å². The molecule has 0 unspecified atom stereocenters. The van der Waals surface area contributed by atoms with Crippen LogP contribution >= 0.6 is 31.9 Å². The summed E-state index contributed by atoms with van der Waals surface area (Å²) in [6.07, 6.45) is 1.20. The van der Waals surface area contributed by atoms with Gasteiger partial charge >= 0.3 is 0 Å². The Labute approximate surface area is 162 Å². The van der Waals surface area contributed by atoms with Crippen LogP contribution < -0.4 is 10.1 Å². The van der Waals surface area contributed by atoms with Gasteiger partial charge in [0.05, 0.1) is 18.9 Å². The van der Waals surface area contributed by atoms with Gasteiger partial charge in [0, 0.05) is 15.3 Å². The van der Waals surface area contributed by atoms with E-state index in [0.717, 1.165) is 4.90 Å². The standard InChI is InChI=1S/C17H18Br2N2O4/c1-25-10-4-2-9(3-5-10)20-15(22)8-21-16(23)11-6-13(18)14(19)7-12(11)17(21)24/h2-5,11-14H,6-8H2,1H3,(H,20,22)/t11-,12+,13-,14-/m0/s1. The second-order valence-electron chi connectivity index (χ2n) is 6.26. The molecule has 0 aromatic heterocycles. The normalized spacial score (nSPS) is 28.7.